The maximum atomic E-state index is 11.3. The van der Waals surface area contributed by atoms with E-state index in [2.05, 4.69) is 9.97 Å². The van der Waals surface area contributed by atoms with Crippen molar-refractivity contribution in [1.82, 2.24) is 5.32 Å². The van der Waals surface area contributed by atoms with Crippen LogP contribution in [0.1, 0.15) is 0 Å². The molecule has 0 aromatic heterocycles. The lowest BCUT2D eigenvalue weighted by molar-refractivity contribution is -0.134. The average Bonchev–Trinajstić information content (AvgIpc) is 2.30. The summed E-state index contributed by atoms with van der Waals surface area (Å²) >= 11 is 0. The molecule has 0 saturated carbocycles. The normalized spacial score (nSPS) is 9.53. The molecule has 1 aromatic carbocycles. The quantitative estimate of drug-likeness (QED) is 0.701. The van der Waals surface area contributed by atoms with Crippen LogP contribution in [0.2, 0.25) is 0 Å². The number of carbonyl (C=O) groups is 2. The zero-order valence-electron chi connectivity index (χ0n) is 9.25. The smallest absolute Gasteiger partial charge is 0.501 e. The predicted molar refractivity (Wildman–Crippen MR) is 60.5 cm³/mol. The molecule has 17 heavy (non-hydrogen) atoms. The first-order chi connectivity index (χ1) is 8.13. The van der Waals surface area contributed by atoms with Crippen molar-refractivity contribution in [3.05, 3.63) is 30.3 Å². The molecule has 0 bridgehead atoms. The van der Waals surface area contributed by atoms with Gasteiger partial charge in [-0.05, 0) is 19.2 Å². The lowest BCUT2D eigenvalue weighted by atomic mass is 9.92. The van der Waals surface area contributed by atoms with Gasteiger partial charge in [0.2, 0.25) is 0 Å². The maximum absolute atomic E-state index is 11.3. The molecule has 6 nitrogen and oxygen atoms in total. The summed E-state index contributed by atoms with van der Waals surface area (Å²) in [6.45, 7) is -0.102. The van der Waals surface area contributed by atoms with Crippen LogP contribution in [0.4, 0.5) is 4.79 Å². The Morgan fingerprint density at radius 3 is 2.59 bits per heavy atom. The summed E-state index contributed by atoms with van der Waals surface area (Å²) < 4.78 is 9.17. The maximum Gasteiger partial charge on any atom is 0.649 e. The first-order valence-electron chi connectivity index (χ1n) is 4.92. The Kier molecular flexibility index (Phi) is 5.18. The third-order valence-electron chi connectivity index (χ3n) is 1.73. The van der Waals surface area contributed by atoms with Crippen molar-refractivity contribution in [3.63, 3.8) is 0 Å². The van der Waals surface area contributed by atoms with Crippen LogP contribution in [-0.4, -0.2) is 37.6 Å². The number of rotatable bonds is 5. The first-order valence-corrected chi connectivity index (χ1v) is 4.92. The molecule has 0 spiro atoms. The van der Waals surface area contributed by atoms with Gasteiger partial charge in [0, 0.05) is 0 Å². The highest BCUT2D eigenvalue weighted by Gasteiger charge is 2.31. The van der Waals surface area contributed by atoms with E-state index >= 15 is 0 Å². The molecule has 2 N–H and O–H groups in total. The molecular formula is C10H12BNO5. The second-order valence-corrected chi connectivity index (χ2v) is 3.11. The molecule has 0 aliphatic heterocycles. The summed E-state index contributed by atoms with van der Waals surface area (Å²) in [5.74, 6) is -1.52. The van der Waals surface area contributed by atoms with Gasteiger partial charge in [0.1, 0.15) is 5.75 Å². The largest absolute Gasteiger partial charge is 0.649 e. The van der Waals surface area contributed by atoms with Crippen molar-refractivity contribution >= 4 is 19.0 Å². The molecule has 0 fully saturated rings. The Hall–Kier alpha value is -1.86. The number of likely N-dealkylation sites (N-methyl/N-ethyl adjacent to an activating group) is 1. The minimum Gasteiger partial charge on any atom is -0.501 e. The summed E-state index contributed by atoms with van der Waals surface area (Å²) in [6.07, 6.45) is 0. The van der Waals surface area contributed by atoms with E-state index in [1.807, 2.05) is 0 Å². The van der Waals surface area contributed by atoms with Crippen molar-refractivity contribution in [2.24, 2.45) is 0 Å². The van der Waals surface area contributed by atoms with Crippen LogP contribution in [0.5, 0.6) is 5.75 Å². The van der Waals surface area contributed by atoms with Gasteiger partial charge in [0.25, 0.3) is 0 Å². The Labute approximate surface area is 98.7 Å². The van der Waals surface area contributed by atoms with Gasteiger partial charge in [-0.15, -0.1) is 0 Å². The van der Waals surface area contributed by atoms with Gasteiger partial charge in [-0.2, -0.15) is 0 Å². The number of nitrogens with one attached hydrogen (secondary N) is 1. The van der Waals surface area contributed by atoms with Crippen LogP contribution in [0.3, 0.4) is 0 Å². The first kappa shape index (κ1) is 13.2. The van der Waals surface area contributed by atoms with E-state index in [1.54, 1.807) is 30.3 Å². The number of hydrogen-bond donors (Lipinski definition) is 2. The topological polar surface area (TPSA) is 84.9 Å². The summed E-state index contributed by atoms with van der Waals surface area (Å²) in [7, 11) is -0.383. The third-order valence-corrected chi connectivity index (χ3v) is 1.73. The number of ether oxygens (including phenoxy) is 1. The zero-order valence-corrected chi connectivity index (χ0v) is 9.25. The molecule has 0 atom stereocenters. The standard InChI is InChI=1S/C10H12BNO5/c1-12-7-9(13)17-11(15)10(14)16-8-5-3-2-4-6-8/h2-6,12,15H,7H2,1H3. The molecule has 1 rings (SSSR count). The molecule has 7 heteroatoms. The van der Waals surface area contributed by atoms with Crippen molar-refractivity contribution in [2.75, 3.05) is 13.6 Å². The van der Waals surface area contributed by atoms with Gasteiger partial charge < -0.3 is 19.7 Å². The second kappa shape index (κ2) is 6.67. The number of para-hydroxylation sites is 1. The second-order valence-electron chi connectivity index (χ2n) is 3.11. The Morgan fingerprint density at radius 2 is 2.00 bits per heavy atom. The highest BCUT2D eigenvalue weighted by atomic mass is 16.6. The molecule has 1 aromatic rings. The molecule has 0 amide bonds. The van der Waals surface area contributed by atoms with E-state index in [4.69, 9.17) is 4.74 Å². The fraction of sp³-hybridized carbons (Fsp3) is 0.200. The number of hydrogen-bond acceptors (Lipinski definition) is 6. The van der Waals surface area contributed by atoms with Crippen molar-refractivity contribution < 1.29 is 24.0 Å². The number of benzene rings is 1. The highest BCUT2D eigenvalue weighted by molar-refractivity contribution is 6.79. The molecule has 0 aliphatic carbocycles. The Bertz CT molecular complexity index is 384. The van der Waals surface area contributed by atoms with E-state index in [1.165, 1.54) is 7.05 Å². The van der Waals surface area contributed by atoms with Gasteiger partial charge in [-0.25, -0.2) is 0 Å². The Morgan fingerprint density at radius 1 is 1.35 bits per heavy atom. The minimum atomic E-state index is -1.92. The lowest BCUT2D eigenvalue weighted by Gasteiger charge is -2.07. The predicted octanol–water partition coefficient (Wildman–Crippen LogP) is 0.0102. The van der Waals surface area contributed by atoms with E-state index in [0.717, 1.165) is 0 Å². The summed E-state index contributed by atoms with van der Waals surface area (Å²) in [4.78, 5) is 22.2. The average molecular weight is 237 g/mol. The monoisotopic (exact) mass is 237 g/mol. The van der Waals surface area contributed by atoms with Crippen molar-refractivity contribution in [2.45, 2.75) is 0 Å². The van der Waals surface area contributed by atoms with E-state index in [0.29, 0.717) is 0 Å². The highest BCUT2D eigenvalue weighted by Crippen LogP contribution is 2.09. The van der Waals surface area contributed by atoms with E-state index in [-0.39, 0.29) is 12.3 Å². The van der Waals surface area contributed by atoms with Gasteiger partial charge in [0.05, 0.1) is 6.54 Å². The fourth-order valence-electron chi connectivity index (χ4n) is 1.01. The van der Waals surface area contributed by atoms with Crippen LogP contribution in [0.15, 0.2) is 30.3 Å². The molecule has 0 unspecified atom stereocenters. The third kappa shape index (κ3) is 4.67. The molecule has 0 aliphatic rings. The summed E-state index contributed by atoms with van der Waals surface area (Å²) in [5, 5.41) is 11.8. The minimum absolute atomic E-state index is 0.102. The molecule has 90 valence electrons. The zero-order chi connectivity index (χ0) is 12.7. The van der Waals surface area contributed by atoms with Crippen molar-refractivity contribution in [1.29, 1.82) is 0 Å². The fourth-order valence-corrected chi connectivity index (χ4v) is 1.01. The number of carbonyl (C=O) groups excluding carboxylic acids is 2. The van der Waals surface area contributed by atoms with Crippen LogP contribution in [0.25, 0.3) is 0 Å². The van der Waals surface area contributed by atoms with Crippen LogP contribution in [0, 0.1) is 0 Å². The molecule has 0 radical (unpaired) electrons. The van der Waals surface area contributed by atoms with E-state index in [9.17, 15) is 14.6 Å². The van der Waals surface area contributed by atoms with Crippen LogP contribution >= 0.6 is 0 Å². The SMILES string of the molecule is CNCC(=O)OB(O)C(=O)Oc1ccccc1. The summed E-state index contributed by atoms with van der Waals surface area (Å²) in [5.41, 5.74) is 0. The Balaban J connectivity index is 2.45. The van der Waals surface area contributed by atoms with E-state index < -0.39 is 19.0 Å². The van der Waals surface area contributed by atoms with Gasteiger partial charge in [-0.1, -0.05) is 18.2 Å². The molecule has 0 heterocycles. The van der Waals surface area contributed by atoms with Crippen LogP contribution in [-0.2, 0) is 9.45 Å². The van der Waals surface area contributed by atoms with Gasteiger partial charge in [-0.3, -0.25) is 9.59 Å². The molecular weight excluding hydrogens is 225 g/mol. The van der Waals surface area contributed by atoms with Crippen LogP contribution < -0.4 is 10.1 Å². The van der Waals surface area contributed by atoms with Crippen molar-refractivity contribution in [3.8, 4) is 5.75 Å². The lowest BCUT2D eigenvalue weighted by Crippen LogP contribution is -2.37. The summed E-state index contributed by atoms with van der Waals surface area (Å²) in [6, 6.07) is 8.17. The van der Waals surface area contributed by atoms with Gasteiger partial charge >= 0.3 is 19.0 Å². The molecule has 0 saturated heterocycles. The van der Waals surface area contributed by atoms with Gasteiger partial charge in [0.15, 0.2) is 0 Å².